The van der Waals surface area contributed by atoms with Gasteiger partial charge in [-0.25, -0.2) is 63.7 Å². The van der Waals surface area contributed by atoms with Gasteiger partial charge in [-0.3, -0.25) is 38.9 Å². The lowest BCUT2D eigenvalue weighted by Crippen LogP contribution is -2.29. The average Bonchev–Trinajstić information content (AvgIpc) is 0.832. The lowest BCUT2D eigenvalue weighted by molar-refractivity contribution is -0.132. The molecule has 0 aromatic heterocycles. The highest BCUT2D eigenvalue weighted by Gasteiger charge is 2.26. The molecule has 7 aromatic rings. The Balaban J connectivity index is 0.000000744. The maximum atomic E-state index is 11.8. The van der Waals surface area contributed by atoms with E-state index in [2.05, 4.69) is 209 Å². The molecule has 0 fully saturated rings. The van der Waals surface area contributed by atoms with Gasteiger partial charge in [0.1, 0.15) is 145 Å². The summed E-state index contributed by atoms with van der Waals surface area (Å²) in [5.41, 5.74) is -0.191. The third-order valence-electron chi connectivity index (χ3n) is 11.9. The number of rotatable bonds is 24. The molecule has 7 rings (SSSR count). The first-order chi connectivity index (χ1) is 57.5. The van der Waals surface area contributed by atoms with E-state index in [1.165, 1.54) is 18.2 Å². The van der Waals surface area contributed by atoms with Gasteiger partial charge in [-0.15, -0.1) is 0 Å². The van der Waals surface area contributed by atoms with Crippen molar-refractivity contribution in [1.29, 1.82) is 0 Å². The molecule has 0 saturated carbocycles. The van der Waals surface area contributed by atoms with Gasteiger partial charge in [-0.1, -0.05) is 6.92 Å². The first kappa shape index (κ1) is 129. The SMILES string of the molecule is CCC(C)(C)OC(=O)Nc1ccc(OC(=O)CS(=O)(=O)[O-])c(I)c1.O=C(CS(=O)(=O)[O-])Oc1c(I)c(I)c(I)c(I)c1I.O=C(CS(=O)(=O)[O-])Oc1c(I)cc(I)cc1I.O=C(CS(=O)(=O)[O-])Oc1cc(I)c(I)c(I)c1I.O=C(CS(=O)(=O)[O-])Oc1cc(I)cc(I)c1.O=C(CS(=O)(=O)[O-])Oc1cc(I)cc(I)c1I.O=C(CS(=O)(=O)[O-])Oc1ccc(I)cc1I. The average molecular weight is 4150 g/mol. The van der Waals surface area contributed by atoms with Gasteiger partial charge in [0, 0.05) is 48.5 Å². The van der Waals surface area contributed by atoms with Gasteiger partial charge in [0.05, 0.1) is 28.6 Å². The van der Waals surface area contributed by atoms with E-state index in [1.807, 2.05) is 268 Å². The van der Waals surface area contributed by atoms with Gasteiger partial charge < -0.3 is 69.8 Å². The molecule has 704 valence electrons. The minimum absolute atomic E-state index is 0.0806. The van der Waals surface area contributed by atoms with E-state index in [0.717, 1.165) is 42.8 Å². The van der Waals surface area contributed by atoms with Crippen LogP contribution in [0.5, 0.6) is 40.2 Å². The molecule has 7 aromatic carbocycles. The van der Waals surface area contributed by atoms with Crippen molar-refractivity contribution >= 4 is 576 Å². The summed E-state index contributed by atoms with van der Waals surface area (Å²) in [5.74, 6) is -14.2. The molecule has 0 aliphatic heterocycles. The second kappa shape index (κ2) is 59.4. The van der Waals surface area contributed by atoms with Crippen LogP contribution in [0.15, 0.2) is 84.9 Å². The Hall–Kier alpha value is 4.07. The second-order valence-electron chi connectivity index (χ2n) is 22.8. The van der Waals surface area contributed by atoms with E-state index < -0.39 is 165 Å². The molecule has 0 spiro atoms. The van der Waals surface area contributed by atoms with Crippen molar-refractivity contribution in [3.8, 4) is 40.2 Å². The van der Waals surface area contributed by atoms with Crippen LogP contribution in [0.1, 0.15) is 27.2 Å². The third-order valence-corrected chi connectivity index (χ3v) is 42.1. The Morgan fingerprint density at radius 2 is 0.567 bits per heavy atom. The zero-order valence-corrected chi connectivity index (χ0v) is 110. The first-order valence-electron chi connectivity index (χ1n) is 30.8. The molecule has 1 N–H and O–H groups in total. The number of amides is 1. The van der Waals surface area contributed by atoms with Gasteiger partial charge in [-0.05, 0) is 557 Å². The Kier molecular flexibility index (Phi) is 60.3. The summed E-state index contributed by atoms with van der Waals surface area (Å²) >= 11 is 40.9. The molecule has 65 heteroatoms. The molecule has 127 heavy (non-hydrogen) atoms. The number of hydrogen-bond donors (Lipinski definition) is 1. The molecule has 0 saturated heterocycles. The fourth-order valence-electron chi connectivity index (χ4n) is 6.87. The number of carbonyl (C=O) groups is 8. The van der Waals surface area contributed by atoms with Crippen LogP contribution >= 0.6 is 452 Å². The monoisotopic (exact) mass is 4150 g/mol. The number of ether oxygens (including phenoxy) is 8. The fourth-order valence-corrected chi connectivity index (χ4v) is 27.6. The molecule has 38 nitrogen and oxygen atoms in total. The van der Waals surface area contributed by atoms with Crippen molar-refractivity contribution in [2.45, 2.75) is 32.8 Å². The van der Waals surface area contributed by atoms with E-state index in [0.29, 0.717) is 46.4 Å². The summed E-state index contributed by atoms with van der Waals surface area (Å²) in [6, 6.07) is 23.0. The van der Waals surface area contributed by atoms with Crippen LogP contribution in [0.4, 0.5) is 10.5 Å². The number of hydrogen-bond acceptors (Lipinski definition) is 37. The molecule has 0 unspecified atom stereocenters. The predicted octanol–water partition coefficient (Wildman–Crippen LogP) is 14.8. The summed E-state index contributed by atoms with van der Waals surface area (Å²) in [5, 5.41) is 2.54. The van der Waals surface area contributed by atoms with Crippen molar-refractivity contribution in [3.05, 3.63) is 156 Å². The van der Waals surface area contributed by atoms with Crippen LogP contribution in [0.3, 0.4) is 0 Å². The van der Waals surface area contributed by atoms with Crippen LogP contribution in [0, 0.1) is 71.4 Å². The van der Waals surface area contributed by atoms with Crippen molar-refractivity contribution < 1.29 is 167 Å². The molecule has 0 bridgehead atoms. The lowest BCUT2D eigenvalue weighted by atomic mass is 10.1. The van der Waals surface area contributed by atoms with Gasteiger partial charge in [0.2, 0.25) is 0 Å². The molecule has 1 amide bonds. The zero-order valence-electron chi connectivity index (χ0n) is 61.3. The molecular weight excluding hydrogens is 4110 g/mol. The first-order valence-corrected chi connectivity index (χ1v) is 63.4. The highest BCUT2D eigenvalue weighted by atomic mass is 127. The Morgan fingerprint density at radius 1 is 0.283 bits per heavy atom. The van der Waals surface area contributed by atoms with Crippen molar-refractivity contribution in [2.24, 2.45) is 0 Å². The molecular formula is C62H40I20NO37S7-7. The largest absolute Gasteiger partial charge is 0.748 e. The quantitative estimate of drug-likeness (QED) is 0.0147. The Morgan fingerprint density at radius 3 is 0.929 bits per heavy atom. The fraction of sp³-hybridized carbons (Fsp3) is 0.194. The van der Waals surface area contributed by atoms with Gasteiger partial charge in [-0.2, -0.15) is 0 Å². The Labute approximate surface area is 997 Å². The van der Waals surface area contributed by atoms with E-state index in [1.54, 1.807) is 68.4 Å². The van der Waals surface area contributed by atoms with Crippen molar-refractivity contribution in [3.63, 3.8) is 0 Å². The summed E-state index contributed by atoms with van der Waals surface area (Å²) in [6.45, 7) is 5.45. The van der Waals surface area contributed by atoms with E-state index >= 15 is 0 Å². The molecule has 0 radical (unpaired) electrons. The van der Waals surface area contributed by atoms with E-state index in [9.17, 15) is 129 Å². The second-order valence-corrected chi connectivity index (χ2v) is 55.5. The summed E-state index contributed by atoms with van der Waals surface area (Å²) < 4.78 is 274. The van der Waals surface area contributed by atoms with Crippen LogP contribution in [-0.2, 0) is 109 Å². The maximum Gasteiger partial charge on any atom is 0.412 e. The lowest BCUT2D eigenvalue weighted by Gasteiger charge is -2.23. The smallest absolute Gasteiger partial charge is 0.412 e. The standard InChI is InChI=1S/C14H18INO7S.C8H3I5O5S.C8H4I4O5S.2C8H5I3O5S.2C8H6I2O5S/c1-4-14(2,3)23-13(18)16-9-5-6-11(10(15)7-9)22-12(17)8-24(19,20)21;9-3-4(10)6(12)8(7(13)5(3)11)18-2(14)1-19(15,16)17;9-3-1-4(7(11)8(12)6(3)10)17-5(13)2-18(14,15)16;9-4-1-5(10)8(11)6(2-4)16-7(12)3-17(13,14)15;9-4-1-5(10)8(6(11)2-4)16-7(12)3-17(13,14)15;9-5-1-6(10)3-7(2-5)15-8(11)4-16(12,13)14;9-5-1-2-7(6(10)3-5)15-8(11)4-16(12,13)14/h5-7H,4,8H2,1-3H3,(H,16,18)(H,19,20,21);1H2,(H,15,16,17);1H,2H2,(H,14,15,16);2*1-2H,3H2,(H,13,14,15);2*1-3H,4H2,(H,12,13,14)/p-7. The number of benzene rings is 7. The third kappa shape index (κ3) is 57.2. The van der Waals surface area contributed by atoms with E-state index in [-0.39, 0.29) is 34.5 Å². The topological polar surface area (TPSA) is 623 Å². The summed E-state index contributed by atoms with van der Waals surface area (Å²) in [7, 11) is -32.4. The molecule has 0 atom stereocenters. The van der Waals surface area contributed by atoms with Gasteiger partial charge >= 0.3 is 47.9 Å². The number of nitrogens with one attached hydrogen (secondary N) is 1. The van der Waals surface area contributed by atoms with Gasteiger partial charge in [0.15, 0.2) is 11.5 Å². The minimum atomic E-state index is -4.70. The number of halogens is 20. The predicted molar refractivity (Wildman–Crippen MR) is 615 cm³/mol. The number of carbonyl (C=O) groups excluding carboxylic acids is 8. The molecule has 0 aliphatic carbocycles. The van der Waals surface area contributed by atoms with Crippen molar-refractivity contribution in [1.82, 2.24) is 0 Å². The molecule has 0 aliphatic rings. The van der Waals surface area contributed by atoms with Gasteiger partial charge in [0.25, 0.3) is 0 Å². The van der Waals surface area contributed by atoms with Crippen LogP contribution in [0.25, 0.3) is 0 Å². The number of esters is 7. The normalized spacial score (nSPS) is 11.4. The highest BCUT2D eigenvalue weighted by molar-refractivity contribution is 14.1. The van der Waals surface area contributed by atoms with Crippen molar-refractivity contribution in [2.75, 3.05) is 45.6 Å². The van der Waals surface area contributed by atoms with Crippen LogP contribution < -0.4 is 38.5 Å². The maximum absolute atomic E-state index is 11.8. The summed E-state index contributed by atoms with van der Waals surface area (Å²) in [4.78, 5) is 90.3. The number of anilines is 1. The van der Waals surface area contributed by atoms with Crippen LogP contribution in [-0.4, -0.2) is 185 Å². The van der Waals surface area contributed by atoms with Crippen LogP contribution in [0.2, 0.25) is 0 Å². The zero-order chi connectivity index (χ0) is 98.7. The minimum Gasteiger partial charge on any atom is -0.748 e. The summed E-state index contributed by atoms with van der Waals surface area (Å²) in [6.07, 6.45) is 0.0231. The molecule has 0 heterocycles. The highest BCUT2D eigenvalue weighted by Crippen LogP contribution is 2.40. The Bertz CT molecular complexity index is 6110. The van der Waals surface area contributed by atoms with E-state index in [4.69, 9.17) is 37.9 Å².